The van der Waals surface area contributed by atoms with Gasteiger partial charge < -0.3 is 9.72 Å². The van der Waals surface area contributed by atoms with Crippen LogP contribution in [-0.2, 0) is 6.18 Å². The molecule has 1 N–H and O–H groups in total. The van der Waals surface area contributed by atoms with Gasteiger partial charge in [0.25, 0.3) is 5.56 Å². The number of fused-ring (bicyclic) bond motifs is 2. The first-order chi connectivity index (χ1) is 14.8. The molecule has 9 heteroatoms. The molecule has 6 nitrogen and oxygen atoms in total. The Labute approximate surface area is 175 Å². The molecule has 0 bridgehead atoms. The molecule has 0 aliphatic carbocycles. The van der Waals surface area contributed by atoms with E-state index in [0.717, 1.165) is 32.0 Å². The first-order valence-corrected chi connectivity index (χ1v) is 10.1. The van der Waals surface area contributed by atoms with Crippen LogP contribution in [0, 0.1) is 6.92 Å². The average Bonchev–Trinajstić information content (AvgIpc) is 3.13. The lowest BCUT2D eigenvalue weighted by Gasteiger charge is -2.24. The molecule has 0 radical (unpaired) electrons. The zero-order valence-corrected chi connectivity index (χ0v) is 16.8. The highest BCUT2D eigenvalue weighted by atomic mass is 19.4. The summed E-state index contributed by atoms with van der Waals surface area (Å²) >= 11 is 0. The standard InChI is InChI=1S/C22H20F3N5O/c1-13-10-29-11-15(8-18(20(29)28-13)22(23,24)25)14-2-3-17-19(9-14)27-12-30(21(17)31)16-4-6-26-7-5-16/h2-3,8-12,16,26H,4-7H2,1H3. The molecule has 0 spiro atoms. The number of hydrogen-bond acceptors (Lipinski definition) is 4. The van der Waals surface area contributed by atoms with Gasteiger partial charge in [-0.15, -0.1) is 0 Å². The third kappa shape index (κ3) is 3.48. The molecule has 1 aromatic carbocycles. The van der Waals surface area contributed by atoms with E-state index in [0.29, 0.717) is 27.7 Å². The van der Waals surface area contributed by atoms with E-state index >= 15 is 0 Å². The molecule has 0 saturated carbocycles. The van der Waals surface area contributed by atoms with E-state index in [4.69, 9.17) is 0 Å². The molecular formula is C22H20F3N5O. The van der Waals surface area contributed by atoms with Gasteiger partial charge in [0.2, 0.25) is 0 Å². The number of piperidine rings is 1. The Balaban J connectivity index is 1.62. The Bertz CT molecular complexity index is 1350. The molecule has 0 atom stereocenters. The topological polar surface area (TPSA) is 64.2 Å². The first kappa shape index (κ1) is 19.7. The summed E-state index contributed by atoms with van der Waals surface area (Å²) in [6.45, 7) is 3.36. The number of imidazole rings is 1. The predicted molar refractivity (Wildman–Crippen MR) is 111 cm³/mol. The predicted octanol–water partition coefficient (Wildman–Crippen LogP) is 3.96. The van der Waals surface area contributed by atoms with Gasteiger partial charge in [0.15, 0.2) is 0 Å². The number of halogens is 3. The minimum Gasteiger partial charge on any atom is -0.317 e. The molecule has 31 heavy (non-hydrogen) atoms. The Morgan fingerprint density at radius 3 is 2.61 bits per heavy atom. The van der Waals surface area contributed by atoms with Crippen LogP contribution in [0.15, 0.2) is 47.8 Å². The van der Waals surface area contributed by atoms with Crippen molar-refractivity contribution in [1.82, 2.24) is 24.3 Å². The second kappa shape index (κ2) is 7.19. The Kier molecular flexibility index (Phi) is 4.58. The fourth-order valence-corrected chi connectivity index (χ4v) is 4.25. The van der Waals surface area contributed by atoms with E-state index in [1.165, 1.54) is 4.40 Å². The summed E-state index contributed by atoms with van der Waals surface area (Å²) in [7, 11) is 0. The molecule has 160 valence electrons. The smallest absolute Gasteiger partial charge is 0.317 e. The molecule has 0 unspecified atom stereocenters. The van der Waals surface area contributed by atoms with Gasteiger partial charge in [-0.2, -0.15) is 13.2 Å². The number of nitrogens with one attached hydrogen (secondary N) is 1. The van der Waals surface area contributed by atoms with Crippen LogP contribution in [0.25, 0.3) is 27.7 Å². The highest BCUT2D eigenvalue weighted by molar-refractivity contribution is 5.83. The minimum absolute atomic E-state index is 0.103. The van der Waals surface area contributed by atoms with Crippen molar-refractivity contribution in [3.05, 3.63) is 64.6 Å². The number of hydrogen-bond donors (Lipinski definition) is 1. The quantitative estimate of drug-likeness (QED) is 0.526. The largest absolute Gasteiger partial charge is 0.420 e. The fraction of sp³-hybridized carbons (Fsp3) is 0.318. The molecule has 1 aliphatic rings. The number of rotatable bonds is 2. The van der Waals surface area contributed by atoms with Crippen LogP contribution in [0.3, 0.4) is 0 Å². The van der Waals surface area contributed by atoms with Crippen molar-refractivity contribution in [3.63, 3.8) is 0 Å². The van der Waals surface area contributed by atoms with Gasteiger partial charge in [0, 0.05) is 18.4 Å². The van der Waals surface area contributed by atoms with Gasteiger partial charge in [-0.25, -0.2) is 9.97 Å². The van der Waals surface area contributed by atoms with Crippen LogP contribution in [0.2, 0.25) is 0 Å². The van der Waals surface area contributed by atoms with Gasteiger partial charge in [-0.1, -0.05) is 6.07 Å². The van der Waals surface area contributed by atoms with Crippen molar-refractivity contribution in [3.8, 4) is 11.1 Å². The molecule has 1 saturated heterocycles. The van der Waals surface area contributed by atoms with Crippen molar-refractivity contribution in [2.75, 3.05) is 13.1 Å². The zero-order valence-electron chi connectivity index (χ0n) is 16.8. The number of aryl methyl sites for hydroxylation is 1. The molecule has 1 fully saturated rings. The summed E-state index contributed by atoms with van der Waals surface area (Å²) in [5, 5.41) is 3.73. The summed E-state index contributed by atoms with van der Waals surface area (Å²) in [5.74, 6) is 0. The van der Waals surface area contributed by atoms with Crippen molar-refractivity contribution in [1.29, 1.82) is 0 Å². The van der Waals surface area contributed by atoms with E-state index in [-0.39, 0.29) is 17.2 Å². The van der Waals surface area contributed by atoms with E-state index in [1.54, 1.807) is 48.4 Å². The maximum Gasteiger partial charge on any atom is 0.420 e. The van der Waals surface area contributed by atoms with Gasteiger partial charge in [0.05, 0.1) is 28.5 Å². The molecule has 3 aromatic heterocycles. The lowest BCUT2D eigenvalue weighted by Crippen LogP contribution is -2.34. The van der Waals surface area contributed by atoms with E-state index in [1.807, 2.05) is 0 Å². The summed E-state index contributed by atoms with van der Waals surface area (Å²) in [6.07, 6.45) is 1.90. The van der Waals surface area contributed by atoms with E-state index in [9.17, 15) is 18.0 Å². The molecule has 5 rings (SSSR count). The van der Waals surface area contributed by atoms with Crippen molar-refractivity contribution in [2.24, 2.45) is 0 Å². The monoisotopic (exact) mass is 427 g/mol. The molecular weight excluding hydrogens is 407 g/mol. The SMILES string of the molecule is Cc1cn2cc(-c3ccc4c(=O)n(C5CCNCC5)cnc4c3)cc(C(F)(F)F)c2n1. The average molecular weight is 427 g/mol. The normalized spacial score (nSPS) is 15.7. The fourth-order valence-electron chi connectivity index (χ4n) is 4.25. The van der Waals surface area contributed by atoms with Crippen LogP contribution in [0.1, 0.15) is 30.1 Å². The maximum absolute atomic E-state index is 13.6. The highest BCUT2D eigenvalue weighted by Gasteiger charge is 2.34. The molecule has 1 aliphatic heterocycles. The van der Waals surface area contributed by atoms with Crippen molar-refractivity contribution >= 4 is 16.6 Å². The third-order valence-corrected chi connectivity index (χ3v) is 5.80. The van der Waals surface area contributed by atoms with Crippen LogP contribution < -0.4 is 10.9 Å². The number of pyridine rings is 1. The first-order valence-electron chi connectivity index (χ1n) is 10.1. The van der Waals surface area contributed by atoms with Crippen molar-refractivity contribution < 1.29 is 13.2 Å². The van der Waals surface area contributed by atoms with Gasteiger partial charge in [-0.3, -0.25) is 9.36 Å². The summed E-state index contributed by atoms with van der Waals surface area (Å²) < 4.78 is 44.0. The third-order valence-electron chi connectivity index (χ3n) is 5.80. The van der Waals surface area contributed by atoms with Gasteiger partial charge in [-0.05, 0) is 62.2 Å². The number of alkyl halides is 3. The van der Waals surface area contributed by atoms with E-state index in [2.05, 4.69) is 15.3 Å². The van der Waals surface area contributed by atoms with Crippen LogP contribution in [0.5, 0.6) is 0 Å². The molecule has 4 heterocycles. The number of benzene rings is 1. The summed E-state index contributed by atoms with van der Waals surface area (Å²) in [6, 6.07) is 6.18. The number of nitrogens with zero attached hydrogens (tertiary/aromatic N) is 4. The van der Waals surface area contributed by atoms with Crippen LogP contribution in [0.4, 0.5) is 13.2 Å². The summed E-state index contributed by atoms with van der Waals surface area (Å²) in [4.78, 5) is 21.4. The Morgan fingerprint density at radius 1 is 1.10 bits per heavy atom. The highest BCUT2D eigenvalue weighted by Crippen LogP contribution is 2.35. The molecule has 4 aromatic rings. The lowest BCUT2D eigenvalue weighted by molar-refractivity contribution is -0.136. The van der Waals surface area contributed by atoms with Crippen LogP contribution >= 0.6 is 0 Å². The van der Waals surface area contributed by atoms with Gasteiger partial charge >= 0.3 is 6.18 Å². The Morgan fingerprint density at radius 2 is 1.87 bits per heavy atom. The van der Waals surface area contributed by atoms with Gasteiger partial charge in [0.1, 0.15) is 5.65 Å². The summed E-state index contributed by atoms with van der Waals surface area (Å²) in [5.41, 5.74) is 0.843. The second-order valence-electron chi connectivity index (χ2n) is 7.92. The Hall–Kier alpha value is -3.20. The number of aromatic nitrogens is 4. The van der Waals surface area contributed by atoms with Crippen LogP contribution in [-0.4, -0.2) is 32.0 Å². The lowest BCUT2D eigenvalue weighted by atomic mass is 10.0. The maximum atomic E-state index is 13.6. The van der Waals surface area contributed by atoms with Crippen molar-refractivity contribution in [2.45, 2.75) is 32.0 Å². The van der Waals surface area contributed by atoms with E-state index < -0.39 is 11.7 Å². The zero-order chi connectivity index (χ0) is 21.8. The molecule has 0 amide bonds. The second-order valence-corrected chi connectivity index (χ2v) is 7.92. The minimum atomic E-state index is -4.53.